The van der Waals surface area contributed by atoms with Crippen molar-refractivity contribution in [1.29, 1.82) is 5.26 Å². The van der Waals surface area contributed by atoms with Crippen molar-refractivity contribution in [1.82, 2.24) is 5.32 Å². The van der Waals surface area contributed by atoms with Crippen LogP contribution in [0.15, 0.2) is 23.2 Å². The van der Waals surface area contributed by atoms with Crippen LogP contribution in [-0.4, -0.2) is 31.7 Å². The predicted molar refractivity (Wildman–Crippen MR) is 78.1 cm³/mol. The fourth-order valence-corrected chi connectivity index (χ4v) is 2.05. The van der Waals surface area contributed by atoms with Crippen molar-refractivity contribution in [2.24, 2.45) is 0 Å². The highest BCUT2D eigenvalue weighted by Gasteiger charge is 2.15. The van der Waals surface area contributed by atoms with Gasteiger partial charge in [-0.05, 0) is 18.4 Å². The molecule has 1 rings (SSSR count). The molecule has 0 aliphatic rings. The molecule has 2 N–H and O–H groups in total. The zero-order valence-electron chi connectivity index (χ0n) is 11.8. The molecule has 2 amide bonds. The predicted octanol–water partition coefficient (Wildman–Crippen LogP) is 1.63. The Balaban J connectivity index is 2.80. The Morgan fingerprint density at radius 1 is 1.45 bits per heavy atom. The van der Waals surface area contributed by atoms with Gasteiger partial charge in [0.05, 0.1) is 19.3 Å². The van der Waals surface area contributed by atoms with E-state index in [1.165, 1.54) is 24.5 Å². The number of amides is 2. The number of hydrogen-bond acceptors (Lipinski definition) is 8. The van der Waals surface area contributed by atoms with Crippen LogP contribution < -0.4 is 10.6 Å². The minimum Gasteiger partial charge on any atom is -0.465 e. The van der Waals surface area contributed by atoms with Crippen LogP contribution >= 0.6 is 11.3 Å². The molecule has 9 heteroatoms. The molecule has 8 nitrogen and oxygen atoms in total. The number of anilines is 1. The Kier molecular flexibility index (Phi) is 6.59. The van der Waals surface area contributed by atoms with E-state index in [0.29, 0.717) is 5.00 Å². The van der Waals surface area contributed by atoms with Crippen molar-refractivity contribution >= 4 is 34.3 Å². The van der Waals surface area contributed by atoms with E-state index >= 15 is 0 Å². The van der Waals surface area contributed by atoms with Crippen molar-refractivity contribution in [3.05, 3.63) is 28.8 Å². The molecule has 0 aromatic carbocycles. The number of methoxy groups -OCH3 is 1. The molecule has 22 heavy (non-hydrogen) atoms. The Morgan fingerprint density at radius 2 is 2.18 bits per heavy atom. The van der Waals surface area contributed by atoms with Gasteiger partial charge in [-0.1, -0.05) is 0 Å². The first kappa shape index (κ1) is 17.2. The maximum Gasteiger partial charge on any atom is 0.414 e. The number of imide groups is 1. The summed E-state index contributed by atoms with van der Waals surface area (Å²) in [5.74, 6) is -1.46. The van der Waals surface area contributed by atoms with Gasteiger partial charge < -0.3 is 14.8 Å². The summed E-state index contributed by atoms with van der Waals surface area (Å²) in [5, 5.41) is 15.5. The summed E-state index contributed by atoms with van der Waals surface area (Å²) in [6, 6.07) is 3.18. The van der Waals surface area contributed by atoms with Crippen LogP contribution in [0.5, 0.6) is 0 Å². The second kappa shape index (κ2) is 8.43. The number of thiophene rings is 1. The second-order valence-electron chi connectivity index (χ2n) is 3.64. The summed E-state index contributed by atoms with van der Waals surface area (Å²) in [5.41, 5.74) is -0.0795. The Morgan fingerprint density at radius 3 is 2.77 bits per heavy atom. The van der Waals surface area contributed by atoms with Gasteiger partial charge >= 0.3 is 12.1 Å². The Bertz CT molecular complexity index is 644. The third-order valence-electron chi connectivity index (χ3n) is 2.27. The first-order valence-electron chi connectivity index (χ1n) is 6.04. The summed E-state index contributed by atoms with van der Waals surface area (Å²) in [7, 11) is 1.24. The van der Waals surface area contributed by atoms with E-state index in [0.717, 1.165) is 6.20 Å². The number of carbonyl (C=O) groups is 3. The van der Waals surface area contributed by atoms with Gasteiger partial charge in [-0.15, -0.1) is 11.3 Å². The molecule has 1 aromatic heterocycles. The molecule has 1 aromatic rings. The zero-order valence-corrected chi connectivity index (χ0v) is 12.7. The molecular formula is C13H13N3O5S. The number of rotatable bonds is 5. The number of alkyl carbamates (subject to hydrolysis) is 1. The largest absolute Gasteiger partial charge is 0.465 e. The van der Waals surface area contributed by atoms with Crippen LogP contribution in [0, 0.1) is 11.3 Å². The van der Waals surface area contributed by atoms with E-state index < -0.39 is 18.0 Å². The molecule has 116 valence electrons. The van der Waals surface area contributed by atoms with Crippen LogP contribution in [0.1, 0.15) is 17.3 Å². The van der Waals surface area contributed by atoms with Gasteiger partial charge in [0.15, 0.2) is 0 Å². The normalized spacial score (nSPS) is 10.3. The Labute approximate surface area is 130 Å². The van der Waals surface area contributed by atoms with Crippen molar-refractivity contribution in [3.63, 3.8) is 0 Å². The number of esters is 1. The van der Waals surface area contributed by atoms with Crippen LogP contribution in [0.2, 0.25) is 0 Å². The van der Waals surface area contributed by atoms with E-state index in [1.807, 2.05) is 5.32 Å². The molecule has 0 radical (unpaired) electrons. The minimum absolute atomic E-state index is 0.0979. The summed E-state index contributed by atoms with van der Waals surface area (Å²) in [6.07, 6.45) is 0.146. The molecular weight excluding hydrogens is 310 g/mol. The number of nitriles is 1. The van der Waals surface area contributed by atoms with Gasteiger partial charge in [-0.2, -0.15) is 5.26 Å². The molecule has 0 bridgehead atoms. The number of nitrogens with one attached hydrogen (secondary N) is 2. The monoisotopic (exact) mass is 323 g/mol. The molecule has 0 saturated carbocycles. The number of hydrogen-bond donors (Lipinski definition) is 2. The average Bonchev–Trinajstić information content (AvgIpc) is 2.95. The molecule has 0 atom stereocenters. The molecule has 0 unspecified atom stereocenters. The Hall–Kier alpha value is -2.86. The number of ether oxygens (including phenoxy) is 2. The summed E-state index contributed by atoms with van der Waals surface area (Å²) < 4.78 is 9.13. The lowest BCUT2D eigenvalue weighted by Gasteiger charge is -2.04. The maximum absolute atomic E-state index is 11.7. The van der Waals surface area contributed by atoms with Gasteiger partial charge in [-0.3, -0.25) is 10.1 Å². The smallest absolute Gasteiger partial charge is 0.414 e. The second-order valence-corrected chi connectivity index (χ2v) is 4.56. The third kappa shape index (κ3) is 4.60. The highest BCUT2D eigenvalue weighted by molar-refractivity contribution is 7.14. The van der Waals surface area contributed by atoms with Gasteiger partial charge in [0.1, 0.15) is 16.6 Å². The van der Waals surface area contributed by atoms with Gasteiger partial charge in [-0.25, -0.2) is 9.59 Å². The number of nitrogens with zero attached hydrogens (tertiary/aromatic N) is 1. The molecule has 0 saturated heterocycles. The van der Waals surface area contributed by atoms with E-state index in [2.05, 4.69) is 14.8 Å². The minimum atomic E-state index is -0.944. The highest BCUT2D eigenvalue weighted by atomic mass is 32.1. The van der Waals surface area contributed by atoms with Crippen molar-refractivity contribution in [2.75, 3.05) is 19.0 Å². The molecule has 1 heterocycles. The topological polar surface area (TPSA) is 118 Å². The fourth-order valence-electron chi connectivity index (χ4n) is 1.31. The van der Waals surface area contributed by atoms with Gasteiger partial charge in [0, 0.05) is 6.20 Å². The highest BCUT2D eigenvalue weighted by Crippen LogP contribution is 2.24. The van der Waals surface area contributed by atoms with E-state index in [4.69, 9.17) is 5.26 Å². The SMILES string of the molecule is CCOC(=O)NC(=O)C(C#N)=CNc1sccc1C(=O)OC. The quantitative estimate of drug-likeness (QED) is 0.480. The lowest BCUT2D eigenvalue weighted by atomic mass is 10.3. The van der Waals surface area contributed by atoms with Crippen LogP contribution in [-0.2, 0) is 14.3 Å². The van der Waals surface area contributed by atoms with Gasteiger partial charge in [0.2, 0.25) is 0 Å². The maximum atomic E-state index is 11.7. The fraction of sp³-hybridized carbons (Fsp3) is 0.231. The van der Waals surface area contributed by atoms with Gasteiger partial charge in [0.25, 0.3) is 5.91 Å². The average molecular weight is 323 g/mol. The van der Waals surface area contributed by atoms with E-state index in [1.54, 1.807) is 18.4 Å². The van der Waals surface area contributed by atoms with Crippen LogP contribution in [0.4, 0.5) is 9.80 Å². The van der Waals surface area contributed by atoms with Crippen LogP contribution in [0.25, 0.3) is 0 Å². The molecule has 0 fully saturated rings. The third-order valence-corrected chi connectivity index (χ3v) is 3.12. The van der Waals surface area contributed by atoms with Crippen LogP contribution in [0.3, 0.4) is 0 Å². The number of carbonyl (C=O) groups excluding carboxylic acids is 3. The lowest BCUT2D eigenvalue weighted by molar-refractivity contribution is -0.116. The standard InChI is InChI=1S/C13H13N3O5S/c1-3-21-13(19)16-10(17)8(6-14)7-15-11-9(4-5-22-11)12(18)20-2/h4-5,7,15H,3H2,1-2H3,(H,16,17,19). The van der Waals surface area contributed by atoms with Crippen molar-refractivity contribution in [3.8, 4) is 6.07 Å². The summed E-state index contributed by atoms with van der Waals surface area (Å²) in [4.78, 5) is 34.3. The molecule has 0 aliphatic heterocycles. The van der Waals surface area contributed by atoms with Crippen molar-refractivity contribution < 1.29 is 23.9 Å². The first-order valence-corrected chi connectivity index (χ1v) is 6.92. The molecule has 0 aliphatic carbocycles. The lowest BCUT2D eigenvalue weighted by Crippen LogP contribution is -2.32. The summed E-state index contributed by atoms with van der Waals surface area (Å²) >= 11 is 1.19. The van der Waals surface area contributed by atoms with Crippen molar-refractivity contribution in [2.45, 2.75) is 6.92 Å². The zero-order chi connectivity index (χ0) is 16.5. The summed E-state index contributed by atoms with van der Waals surface area (Å²) in [6.45, 7) is 1.68. The first-order chi connectivity index (χ1) is 10.5. The van der Waals surface area contributed by atoms with E-state index in [-0.39, 0.29) is 17.7 Å². The molecule has 0 spiro atoms. The van der Waals surface area contributed by atoms with E-state index in [9.17, 15) is 14.4 Å².